The minimum Gasteiger partial charge on any atom is -0.316 e. The monoisotopic (exact) mass is 175 g/mol. The zero-order valence-electron chi connectivity index (χ0n) is 8.16. The van der Waals surface area contributed by atoms with Gasteiger partial charge in [-0.05, 0) is 18.0 Å². The van der Waals surface area contributed by atoms with Crippen molar-refractivity contribution in [3.63, 3.8) is 0 Å². The van der Waals surface area contributed by atoms with Gasteiger partial charge in [-0.15, -0.1) is 0 Å². The summed E-state index contributed by atoms with van der Waals surface area (Å²) in [7, 11) is 0. The quantitative estimate of drug-likeness (QED) is 0.727. The maximum absolute atomic E-state index is 3.47. The highest BCUT2D eigenvalue weighted by molar-refractivity contribution is 5.22. The Balaban J connectivity index is 2.16. The molecule has 0 aliphatic carbocycles. The van der Waals surface area contributed by atoms with E-state index in [0.29, 0.717) is 0 Å². The summed E-state index contributed by atoms with van der Waals surface area (Å²) in [6, 6.07) is 10.9. The van der Waals surface area contributed by atoms with E-state index in [2.05, 4.69) is 42.6 Å². The van der Waals surface area contributed by atoms with Gasteiger partial charge in [0.15, 0.2) is 0 Å². The van der Waals surface area contributed by atoms with Crippen molar-refractivity contribution in [2.24, 2.45) is 5.92 Å². The van der Waals surface area contributed by atoms with Crippen LogP contribution in [0.15, 0.2) is 30.3 Å². The van der Waals surface area contributed by atoms with Crippen LogP contribution in [0.1, 0.15) is 24.8 Å². The molecule has 13 heavy (non-hydrogen) atoms. The fourth-order valence-corrected chi connectivity index (χ4v) is 2.25. The molecule has 0 spiro atoms. The molecule has 0 unspecified atom stereocenters. The second kappa shape index (κ2) is 3.93. The first-order valence-corrected chi connectivity index (χ1v) is 5.17. The van der Waals surface area contributed by atoms with Crippen molar-refractivity contribution in [1.82, 2.24) is 5.32 Å². The lowest BCUT2D eigenvalue weighted by molar-refractivity contribution is 0.503. The van der Waals surface area contributed by atoms with E-state index < -0.39 is 0 Å². The van der Waals surface area contributed by atoms with Crippen molar-refractivity contribution < 1.29 is 0 Å². The van der Waals surface area contributed by atoms with Gasteiger partial charge < -0.3 is 5.32 Å². The molecule has 0 bridgehead atoms. The van der Waals surface area contributed by atoms with Gasteiger partial charge in [0.25, 0.3) is 0 Å². The van der Waals surface area contributed by atoms with Crippen LogP contribution in [0.5, 0.6) is 0 Å². The lowest BCUT2D eigenvalue weighted by Gasteiger charge is -2.16. The number of hydrogen-bond donors (Lipinski definition) is 1. The molecule has 1 saturated heterocycles. The van der Waals surface area contributed by atoms with Crippen molar-refractivity contribution >= 4 is 0 Å². The van der Waals surface area contributed by atoms with Gasteiger partial charge in [-0.1, -0.05) is 43.7 Å². The summed E-state index contributed by atoms with van der Waals surface area (Å²) in [4.78, 5) is 0. The first-order valence-electron chi connectivity index (χ1n) is 5.17. The Morgan fingerprint density at radius 1 is 1.23 bits per heavy atom. The van der Waals surface area contributed by atoms with Crippen LogP contribution < -0.4 is 5.32 Å². The molecule has 1 aliphatic heterocycles. The van der Waals surface area contributed by atoms with E-state index in [1.54, 1.807) is 0 Å². The van der Waals surface area contributed by atoms with Gasteiger partial charge in [0.1, 0.15) is 0 Å². The molecule has 2 rings (SSSR count). The number of nitrogens with one attached hydrogen (secondary N) is 1. The molecule has 1 fully saturated rings. The summed E-state index contributed by atoms with van der Waals surface area (Å²) in [6.07, 6.45) is 1.28. The van der Waals surface area contributed by atoms with Gasteiger partial charge in [-0.2, -0.15) is 0 Å². The van der Waals surface area contributed by atoms with Crippen molar-refractivity contribution in [1.29, 1.82) is 0 Å². The minimum atomic E-state index is 0.742. The van der Waals surface area contributed by atoms with E-state index in [4.69, 9.17) is 0 Å². The highest BCUT2D eigenvalue weighted by atomic mass is 14.9. The van der Waals surface area contributed by atoms with E-state index in [-0.39, 0.29) is 0 Å². The van der Waals surface area contributed by atoms with E-state index in [1.807, 2.05) is 0 Å². The summed E-state index contributed by atoms with van der Waals surface area (Å²) in [5.41, 5.74) is 1.50. The normalized spacial score (nSPS) is 27.8. The molecule has 0 saturated carbocycles. The second-order valence-electron chi connectivity index (χ2n) is 3.84. The van der Waals surface area contributed by atoms with Crippen molar-refractivity contribution in [3.8, 4) is 0 Å². The number of benzene rings is 1. The molecule has 1 aromatic carbocycles. The van der Waals surface area contributed by atoms with Crippen LogP contribution in [0, 0.1) is 5.92 Å². The van der Waals surface area contributed by atoms with Crippen LogP contribution in [0.4, 0.5) is 0 Å². The maximum atomic E-state index is 3.47. The summed E-state index contributed by atoms with van der Waals surface area (Å²) in [5, 5.41) is 3.47. The van der Waals surface area contributed by atoms with Crippen LogP contribution in [-0.2, 0) is 0 Å². The predicted octanol–water partition coefficient (Wildman–Crippen LogP) is 2.40. The van der Waals surface area contributed by atoms with Crippen molar-refractivity contribution in [3.05, 3.63) is 35.9 Å². The lowest BCUT2D eigenvalue weighted by atomic mass is 9.87. The Bertz CT molecular complexity index is 255. The Morgan fingerprint density at radius 2 is 2.00 bits per heavy atom. The molecular weight excluding hydrogens is 158 g/mol. The molecule has 1 aromatic rings. The maximum Gasteiger partial charge on any atom is 0.00234 e. The highest BCUT2D eigenvalue weighted by Gasteiger charge is 2.26. The second-order valence-corrected chi connectivity index (χ2v) is 3.84. The minimum absolute atomic E-state index is 0.742. The first kappa shape index (κ1) is 8.76. The average Bonchev–Trinajstić information content (AvgIpc) is 2.67. The lowest BCUT2D eigenvalue weighted by Crippen LogP contribution is -2.08. The molecule has 1 heterocycles. The molecular formula is C12H17N. The largest absolute Gasteiger partial charge is 0.316 e. The van der Waals surface area contributed by atoms with Gasteiger partial charge in [-0.3, -0.25) is 0 Å². The number of rotatable bonds is 2. The molecule has 70 valence electrons. The molecule has 0 amide bonds. The fraction of sp³-hybridized carbons (Fsp3) is 0.500. The standard InChI is InChI=1S/C12H17N/c1-2-10-8-13-9-12(10)11-6-4-3-5-7-11/h3-7,10,12-13H,2,8-9H2,1H3/t10-,12+/m1/s1. The van der Waals surface area contributed by atoms with Crippen LogP contribution >= 0.6 is 0 Å². The Labute approximate surface area is 80.2 Å². The summed E-state index contributed by atoms with van der Waals surface area (Å²) < 4.78 is 0. The van der Waals surface area contributed by atoms with Crippen LogP contribution in [0.3, 0.4) is 0 Å². The molecule has 1 N–H and O–H groups in total. The third kappa shape index (κ3) is 1.75. The fourth-order valence-electron chi connectivity index (χ4n) is 2.25. The highest BCUT2D eigenvalue weighted by Crippen LogP contribution is 2.29. The molecule has 2 atom stereocenters. The Morgan fingerprint density at radius 3 is 2.69 bits per heavy atom. The van der Waals surface area contributed by atoms with Gasteiger partial charge in [0, 0.05) is 12.5 Å². The van der Waals surface area contributed by atoms with Crippen LogP contribution in [0.25, 0.3) is 0 Å². The van der Waals surface area contributed by atoms with E-state index in [9.17, 15) is 0 Å². The zero-order valence-corrected chi connectivity index (χ0v) is 8.16. The van der Waals surface area contributed by atoms with Gasteiger partial charge in [-0.25, -0.2) is 0 Å². The van der Waals surface area contributed by atoms with Crippen LogP contribution in [-0.4, -0.2) is 13.1 Å². The smallest absolute Gasteiger partial charge is 0.00234 e. The SMILES string of the molecule is CC[C@@H]1CNC[C@@H]1c1ccccc1. The topological polar surface area (TPSA) is 12.0 Å². The van der Waals surface area contributed by atoms with Gasteiger partial charge in [0.2, 0.25) is 0 Å². The summed E-state index contributed by atoms with van der Waals surface area (Å²) in [6.45, 7) is 4.63. The molecule has 0 aromatic heterocycles. The van der Waals surface area contributed by atoms with Gasteiger partial charge in [0.05, 0.1) is 0 Å². The van der Waals surface area contributed by atoms with Gasteiger partial charge >= 0.3 is 0 Å². The Hall–Kier alpha value is -0.820. The third-order valence-corrected chi connectivity index (χ3v) is 3.09. The first-order chi connectivity index (χ1) is 6.42. The molecule has 1 aliphatic rings. The molecule has 1 heteroatoms. The predicted molar refractivity (Wildman–Crippen MR) is 55.8 cm³/mol. The van der Waals surface area contributed by atoms with E-state index in [1.165, 1.54) is 18.5 Å². The van der Waals surface area contributed by atoms with Crippen molar-refractivity contribution in [2.75, 3.05) is 13.1 Å². The van der Waals surface area contributed by atoms with Crippen LogP contribution in [0.2, 0.25) is 0 Å². The van der Waals surface area contributed by atoms with E-state index in [0.717, 1.165) is 18.4 Å². The Kier molecular flexibility index (Phi) is 2.65. The van der Waals surface area contributed by atoms with E-state index >= 15 is 0 Å². The number of hydrogen-bond acceptors (Lipinski definition) is 1. The summed E-state index contributed by atoms with van der Waals surface area (Å²) >= 11 is 0. The zero-order chi connectivity index (χ0) is 9.10. The average molecular weight is 175 g/mol. The third-order valence-electron chi connectivity index (χ3n) is 3.09. The molecule has 1 nitrogen and oxygen atoms in total. The summed E-state index contributed by atoms with van der Waals surface area (Å²) in [5.74, 6) is 1.58. The van der Waals surface area contributed by atoms with Crippen molar-refractivity contribution in [2.45, 2.75) is 19.3 Å². The molecule has 0 radical (unpaired) electrons.